The maximum Gasteiger partial charge on any atom is 0.204 e. The average molecular weight is 224 g/mol. The first-order chi connectivity index (χ1) is 7.60. The molecule has 2 N–H and O–H groups in total. The van der Waals surface area contributed by atoms with Gasteiger partial charge in [0.05, 0.1) is 18.4 Å². The molecule has 0 radical (unpaired) electrons. The van der Waals surface area contributed by atoms with Crippen molar-refractivity contribution in [1.82, 2.24) is 20.2 Å². The number of aromatic nitrogens is 2. The van der Waals surface area contributed by atoms with Crippen molar-refractivity contribution in [2.75, 3.05) is 33.1 Å². The Morgan fingerprint density at radius 2 is 2.25 bits per heavy atom. The molecule has 1 rings (SSSR count). The van der Waals surface area contributed by atoms with Gasteiger partial charge in [0.15, 0.2) is 5.96 Å². The number of rotatable bonds is 3. The zero-order chi connectivity index (χ0) is 12.1. The highest BCUT2D eigenvalue weighted by Crippen LogP contribution is 2.10. The Hall–Kier alpha value is -1.72. The van der Waals surface area contributed by atoms with Gasteiger partial charge in [0, 0.05) is 35.2 Å². The summed E-state index contributed by atoms with van der Waals surface area (Å²) in [6, 6.07) is 0. The van der Waals surface area contributed by atoms with E-state index in [0.717, 1.165) is 17.6 Å². The summed E-state index contributed by atoms with van der Waals surface area (Å²) in [5.41, 5.74) is 1.11. The third kappa shape index (κ3) is 2.65. The highest BCUT2D eigenvalue weighted by molar-refractivity contribution is 5.79. The van der Waals surface area contributed by atoms with Gasteiger partial charge in [0.25, 0.3) is 0 Å². The lowest BCUT2D eigenvalue weighted by Crippen LogP contribution is -2.34. The van der Waals surface area contributed by atoms with Crippen LogP contribution in [0.4, 0.5) is 5.95 Å². The van der Waals surface area contributed by atoms with Crippen LogP contribution in [-0.4, -0.2) is 43.7 Å². The van der Waals surface area contributed by atoms with Gasteiger partial charge in [0.2, 0.25) is 5.95 Å². The standard InChI is InChI=1S/C10H20N6/c1-11-9(12-2)13-6-8-7-14-10(15(3)4)16(8)5/h7H,6H2,1-5H3,(H2,11,12,13). The summed E-state index contributed by atoms with van der Waals surface area (Å²) in [5.74, 6) is 1.71. The molecule has 0 aromatic carbocycles. The van der Waals surface area contributed by atoms with Crippen LogP contribution in [-0.2, 0) is 13.6 Å². The lowest BCUT2D eigenvalue weighted by Gasteiger charge is -2.13. The van der Waals surface area contributed by atoms with Crippen molar-refractivity contribution in [2.24, 2.45) is 12.0 Å². The van der Waals surface area contributed by atoms with Crippen molar-refractivity contribution in [3.05, 3.63) is 11.9 Å². The van der Waals surface area contributed by atoms with E-state index in [9.17, 15) is 0 Å². The number of hydrogen-bond acceptors (Lipinski definition) is 3. The molecule has 0 atom stereocenters. The maximum absolute atomic E-state index is 4.33. The lowest BCUT2D eigenvalue weighted by atomic mass is 10.4. The summed E-state index contributed by atoms with van der Waals surface area (Å²) in [4.78, 5) is 10.4. The van der Waals surface area contributed by atoms with Gasteiger partial charge in [0.1, 0.15) is 0 Å². The predicted octanol–water partition coefficient (Wildman–Crippen LogP) is -0.219. The molecule has 16 heavy (non-hydrogen) atoms. The molecule has 0 fully saturated rings. The first kappa shape index (κ1) is 12.4. The minimum atomic E-state index is 0.699. The van der Waals surface area contributed by atoms with E-state index in [4.69, 9.17) is 0 Å². The minimum Gasteiger partial charge on any atom is -0.359 e. The molecule has 0 saturated heterocycles. The minimum absolute atomic E-state index is 0.699. The van der Waals surface area contributed by atoms with Crippen molar-refractivity contribution in [2.45, 2.75) is 6.54 Å². The summed E-state index contributed by atoms with van der Waals surface area (Å²) in [6.45, 7) is 0.699. The zero-order valence-corrected chi connectivity index (χ0v) is 10.6. The van der Waals surface area contributed by atoms with Crippen LogP contribution in [0.3, 0.4) is 0 Å². The van der Waals surface area contributed by atoms with E-state index in [0.29, 0.717) is 6.54 Å². The normalized spacial score (nSPS) is 11.4. The second-order valence-corrected chi connectivity index (χ2v) is 3.68. The summed E-state index contributed by atoms with van der Waals surface area (Å²) >= 11 is 0. The molecule has 0 unspecified atom stereocenters. The number of nitrogens with zero attached hydrogens (tertiary/aromatic N) is 4. The highest BCUT2D eigenvalue weighted by atomic mass is 15.3. The fourth-order valence-electron chi connectivity index (χ4n) is 1.47. The van der Waals surface area contributed by atoms with E-state index in [1.54, 1.807) is 7.05 Å². The van der Waals surface area contributed by atoms with E-state index >= 15 is 0 Å². The summed E-state index contributed by atoms with van der Waals surface area (Å²) in [7, 11) is 9.54. The largest absolute Gasteiger partial charge is 0.359 e. The van der Waals surface area contributed by atoms with Crippen LogP contribution in [0.5, 0.6) is 0 Å². The first-order valence-corrected chi connectivity index (χ1v) is 5.16. The van der Waals surface area contributed by atoms with Crippen molar-refractivity contribution >= 4 is 11.9 Å². The molecule has 0 saturated carbocycles. The van der Waals surface area contributed by atoms with E-state index < -0.39 is 0 Å². The molecular formula is C10H20N6. The molecule has 6 heteroatoms. The van der Waals surface area contributed by atoms with Crippen LogP contribution in [0.2, 0.25) is 0 Å². The number of aliphatic imine (C=N–C) groups is 1. The van der Waals surface area contributed by atoms with Crippen LogP contribution >= 0.6 is 0 Å². The van der Waals surface area contributed by atoms with Crippen molar-refractivity contribution in [1.29, 1.82) is 0 Å². The lowest BCUT2D eigenvalue weighted by molar-refractivity contribution is 0.756. The Balaban J connectivity index is 2.68. The van der Waals surface area contributed by atoms with Crippen molar-refractivity contribution in [3.63, 3.8) is 0 Å². The van der Waals surface area contributed by atoms with Crippen LogP contribution in [0.25, 0.3) is 0 Å². The third-order valence-electron chi connectivity index (χ3n) is 2.36. The second-order valence-electron chi connectivity index (χ2n) is 3.68. The number of guanidine groups is 1. The molecule has 6 nitrogen and oxygen atoms in total. The number of imidazole rings is 1. The zero-order valence-electron chi connectivity index (χ0n) is 10.6. The molecule has 0 aliphatic carbocycles. The Morgan fingerprint density at radius 1 is 1.56 bits per heavy atom. The molecule has 1 heterocycles. The van der Waals surface area contributed by atoms with E-state index in [2.05, 4.69) is 25.2 Å². The molecule has 0 bridgehead atoms. The smallest absolute Gasteiger partial charge is 0.204 e. The number of hydrogen-bond donors (Lipinski definition) is 2. The van der Waals surface area contributed by atoms with Gasteiger partial charge in [-0.1, -0.05) is 0 Å². The highest BCUT2D eigenvalue weighted by Gasteiger charge is 2.07. The fraction of sp³-hybridized carbons (Fsp3) is 0.600. The molecule has 0 aliphatic heterocycles. The van der Waals surface area contributed by atoms with Gasteiger partial charge >= 0.3 is 0 Å². The SMILES string of the molecule is CN=C(NC)NCc1cnc(N(C)C)n1C. The van der Waals surface area contributed by atoms with Gasteiger partial charge in [-0.2, -0.15) is 0 Å². The molecular weight excluding hydrogens is 204 g/mol. The second kappa shape index (κ2) is 5.39. The molecule has 1 aromatic heterocycles. The number of nitrogens with one attached hydrogen (secondary N) is 2. The topological polar surface area (TPSA) is 57.5 Å². The first-order valence-electron chi connectivity index (χ1n) is 5.16. The number of anilines is 1. The van der Waals surface area contributed by atoms with E-state index in [1.165, 1.54) is 0 Å². The van der Waals surface area contributed by atoms with Gasteiger partial charge < -0.3 is 20.1 Å². The van der Waals surface area contributed by atoms with Crippen LogP contribution in [0.1, 0.15) is 5.69 Å². The van der Waals surface area contributed by atoms with Gasteiger partial charge in [-0.05, 0) is 0 Å². The Morgan fingerprint density at radius 3 is 2.69 bits per heavy atom. The Labute approximate surface area is 96.4 Å². The monoisotopic (exact) mass is 224 g/mol. The van der Waals surface area contributed by atoms with Gasteiger partial charge in [-0.3, -0.25) is 4.99 Å². The third-order valence-corrected chi connectivity index (χ3v) is 2.36. The summed E-state index contributed by atoms with van der Waals surface area (Å²) in [5, 5.41) is 6.16. The average Bonchev–Trinajstić information content (AvgIpc) is 2.62. The van der Waals surface area contributed by atoms with Crippen LogP contribution in [0, 0.1) is 0 Å². The maximum atomic E-state index is 4.33. The Bertz CT molecular complexity index is 365. The van der Waals surface area contributed by atoms with Crippen molar-refractivity contribution in [3.8, 4) is 0 Å². The molecule has 1 aromatic rings. The Kier molecular flexibility index (Phi) is 4.16. The molecule has 0 aliphatic rings. The molecule has 0 amide bonds. The van der Waals surface area contributed by atoms with Crippen molar-refractivity contribution < 1.29 is 0 Å². The van der Waals surface area contributed by atoms with E-state index in [1.807, 2.05) is 39.3 Å². The van der Waals surface area contributed by atoms with Crippen LogP contribution < -0.4 is 15.5 Å². The fourth-order valence-corrected chi connectivity index (χ4v) is 1.47. The molecule has 90 valence electrons. The van der Waals surface area contributed by atoms with E-state index in [-0.39, 0.29) is 0 Å². The predicted molar refractivity (Wildman–Crippen MR) is 66.8 cm³/mol. The summed E-state index contributed by atoms with van der Waals surface area (Å²) in [6.07, 6.45) is 1.87. The van der Waals surface area contributed by atoms with Gasteiger partial charge in [-0.15, -0.1) is 0 Å². The van der Waals surface area contributed by atoms with Crippen LogP contribution in [0.15, 0.2) is 11.2 Å². The summed E-state index contributed by atoms with van der Waals surface area (Å²) < 4.78 is 2.05. The quantitative estimate of drug-likeness (QED) is 0.550. The van der Waals surface area contributed by atoms with Gasteiger partial charge in [-0.25, -0.2) is 4.98 Å². The molecule has 0 spiro atoms.